The Morgan fingerprint density at radius 2 is 2.14 bits per heavy atom. The zero-order chi connectivity index (χ0) is 20.8. The molecule has 4 rings (SSSR count). The van der Waals surface area contributed by atoms with E-state index in [0.717, 1.165) is 29.0 Å². The zero-order valence-electron chi connectivity index (χ0n) is 17.4. The van der Waals surface area contributed by atoms with Crippen LogP contribution >= 0.6 is 11.8 Å². The van der Waals surface area contributed by atoms with Crippen molar-refractivity contribution in [3.8, 4) is 11.5 Å². The lowest BCUT2D eigenvalue weighted by Gasteiger charge is -2.38. The van der Waals surface area contributed by atoms with Crippen LogP contribution in [0.4, 0.5) is 5.95 Å². The van der Waals surface area contributed by atoms with Crippen LogP contribution in [0.3, 0.4) is 0 Å². The van der Waals surface area contributed by atoms with Gasteiger partial charge in [-0.15, -0.1) is 5.10 Å². The number of thioether (sulfide) groups is 1. The van der Waals surface area contributed by atoms with Crippen molar-refractivity contribution in [2.24, 2.45) is 5.41 Å². The monoisotopic (exact) mass is 414 g/mol. The predicted octanol–water partition coefficient (Wildman–Crippen LogP) is 4.07. The molecule has 1 aromatic carbocycles. The Morgan fingerprint density at radius 1 is 1.34 bits per heavy atom. The second-order valence-electron chi connectivity index (χ2n) is 8.06. The van der Waals surface area contributed by atoms with Crippen molar-refractivity contribution in [1.82, 2.24) is 14.8 Å². The molecule has 154 valence electrons. The molecule has 2 aliphatic rings. The molecule has 1 aliphatic carbocycles. The molecular weight excluding hydrogens is 388 g/mol. The third kappa shape index (κ3) is 3.50. The standard InChI is InChI=1S/C21H26N4O3S/c1-6-28-12-7-8-13(16(9-12)27-4)18-17-14(10-21(2,3)11-15(17)26)22-19-23-20(29-5)24-25(18)19/h7-9,18H,6,10-11H2,1-5H3,(H,22,23,24)/t18-/m1/s1. The minimum Gasteiger partial charge on any atom is -0.496 e. The molecule has 1 atom stereocenters. The lowest BCUT2D eigenvalue weighted by molar-refractivity contribution is -0.118. The lowest BCUT2D eigenvalue weighted by atomic mass is 9.73. The molecule has 0 saturated carbocycles. The number of nitrogens with one attached hydrogen (secondary N) is 1. The smallest absolute Gasteiger partial charge is 0.227 e. The molecule has 0 radical (unpaired) electrons. The molecule has 0 bridgehead atoms. The summed E-state index contributed by atoms with van der Waals surface area (Å²) in [4.78, 5) is 17.9. The van der Waals surface area contributed by atoms with Crippen LogP contribution in [0, 0.1) is 5.41 Å². The second kappa shape index (κ2) is 7.40. The van der Waals surface area contributed by atoms with Gasteiger partial charge in [-0.1, -0.05) is 25.6 Å². The normalized spacial score (nSPS) is 20.0. The van der Waals surface area contributed by atoms with Crippen molar-refractivity contribution < 1.29 is 14.3 Å². The number of hydrogen-bond donors (Lipinski definition) is 1. The van der Waals surface area contributed by atoms with Crippen molar-refractivity contribution in [2.75, 3.05) is 25.3 Å². The summed E-state index contributed by atoms with van der Waals surface area (Å²) in [5, 5.41) is 8.69. The van der Waals surface area contributed by atoms with E-state index >= 15 is 0 Å². The van der Waals surface area contributed by atoms with E-state index in [9.17, 15) is 4.79 Å². The molecule has 1 N–H and O–H groups in total. The fraction of sp³-hybridized carbons (Fsp3) is 0.476. The van der Waals surface area contributed by atoms with Gasteiger partial charge >= 0.3 is 0 Å². The van der Waals surface area contributed by atoms with E-state index in [1.165, 1.54) is 11.8 Å². The van der Waals surface area contributed by atoms with Crippen molar-refractivity contribution in [3.63, 3.8) is 0 Å². The van der Waals surface area contributed by atoms with Crippen LogP contribution in [0.25, 0.3) is 0 Å². The number of nitrogens with zero attached hydrogens (tertiary/aromatic N) is 3. The Morgan fingerprint density at radius 3 is 2.83 bits per heavy atom. The van der Waals surface area contributed by atoms with E-state index in [1.54, 1.807) is 11.8 Å². The van der Waals surface area contributed by atoms with Gasteiger partial charge in [0.2, 0.25) is 11.1 Å². The van der Waals surface area contributed by atoms with Crippen molar-refractivity contribution in [1.29, 1.82) is 0 Å². The summed E-state index contributed by atoms with van der Waals surface area (Å²) < 4.78 is 13.1. The van der Waals surface area contributed by atoms with Crippen LogP contribution in [0.1, 0.15) is 45.2 Å². The molecular formula is C21H26N4O3S. The number of allylic oxidation sites excluding steroid dienone is 2. The lowest BCUT2D eigenvalue weighted by Crippen LogP contribution is -2.36. The van der Waals surface area contributed by atoms with Gasteiger partial charge < -0.3 is 14.8 Å². The first-order chi connectivity index (χ1) is 13.9. The number of fused-ring (bicyclic) bond motifs is 1. The summed E-state index contributed by atoms with van der Waals surface area (Å²) in [5.41, 5.74) is 2.45. The van der Waals surface area contributed by atoms with Gasteiger partial charge in [0.05, 0.1) is 13.7 Å². The van der Waals surface area contributed by atoms with Crippen molar-refractivity contribution >= 4 is 23.5 Å². The van der Waals surface area contributed by atoms with Gasteiger partial charge in [0, 0.05) is 29.3 Å². The molecule has 0 amide bonds. The maximum atomic E-state index is 13.3. The number of carbonyl (C=O) groups excluding carboxylic acids is 1. The van der Waals surface area contributed by atoms with Crippen molar-refractivity contribution in [2.45, 2.75) is 44.8 Å². The highest BCUT2D eigenvalue weighted by Gasteiger charge is 2.42. The first-order valence-electron chi connectivity index (χ1n) is 9.71. The van der Waals surface area contributed by atoms with E-state index < -0.39 is 0 Å². The van der Waals surface area contributed by atoms with E-state index in [-0.39, 0.29) is 17.2 Å². The second-order valence-corrected chi connectivity index (χ2v) is 8.84. The van der Waals surface area contributed by atoms with Gasteiger partial charge in [-0.3, -0.25) is 4.79 Å². The maximum absolute atomic E-state index is 13.3. The molecule has 0 saturated heterocycles. The molecule has 2 heterocycles. The van der Waals surface area contributed by atoms with Gasteiger partial charge in [-0.25, -0.2) is 4.68 Å². The molecule has 0 spiro atoms. The molecule has 0 unspecified atom stereocenters. The number of ketones is 1. The Labute approximate surface area is 174 Å². The minimum atomic E-state index is -0.385. The van der Waals surface area contributed by atoms with E-state index in [4.69, 9.17) is 9.47 Å². The number of Topliss-reactive ketones (excluding diaryl/α,β-unsaturated/α-hetero) is 1. The van der Waals surface area contributed by atoms with Crippen LogP contribution in [0.15, 0.2) is 34.6 Å². The van der Waals surface area contributed by atoms with Crippen molar-refractivity contribution in [3.05, 3.63) is 35.0 Å². The number of hydrogen-bond acceptors (Lipinski definition) is 7. The highest BCUT2D eigenvalue weighted by atomic mass is 32.2. The first-order valence-corrected chi connectivity index (χ1v) is 10.9. The summed E-state index contributed by atoms with van der Waals surface area (Å²) >= 11 is 1.47. The van der Waals surface area contributed by atoms with Crippen LogP contribution < -0.4 is 14.8 Å². The fourth-order valence-electron chi connectivity index (χ4n) is 4.14. The number of methoxy groups -OCH3 is 1. The SMILES string of the molecule is CCOc1ccc([C@@H]2C3=C(CC(C)(C)CC3=O)Nc3nc(SC)nn32)c(OC)c1. The molecule has 0 fully saturated rings. The number of benzene rings is 1. The Hall–Kier alpha value is -2.48. The predicted molar refractivity (Wildman–Crippen MR) is 113 cm³/mol. The summed E-state index contributed by atoms with van der Waals surface area (Å²) in [6.07, 6.45) is 3.23. The Kier molecular flexibility index (Phi) is 5.06. The zero-order valence-corrected chi connectivity index (χ0v) is 18.2. The number of ether oxygens (including phenoxy) is 2. The summed E-state index contributed by atoms with van der Waals surface area (Å²) in [7, 11) is 1.63. The average molecular weight is 415 g/mol. The summed E-state index contributed by atoms with van der Waals surface area (Å²) in [6, 6.07) is 5.35. The van der Waals surface area contributed by atoms with Gasteiger partial charge in [0.1, 0.15) is 17.5 Å². The summed E-state index contributed by atoms with van der Waals surface area (Å²) in [5.74, 6) is 2.19. The first kappa shape index (κ1) is 19.8. The highest BCUT2D eigenvalue weighted by molar-refractivity contribution is 7.98. The van der Waals surface area contributed by atoms with Crippen LogP contribution in [0.2, 0.25) is 0 Å². The van der Waals surface area contributed by atoms with Crippen LogP contribution in [0.5, 0.6) is 11.5 Å². The molecule has 8 heteroatoms. The Bertz CT molecular complexity index is 996. The molecule has 29 heavy (non-hydrogen) atoms. The van der Waals surface area contributed by atoms with E-state index in [0.29, 0.717) is 29.9 Å². The third-order valence-corrected chi connectivity index (χ3v) is 5.84. The average Bonchev–Trinajstić information content (AvgIpc) is 3.08. The van der Waals surface area contributed by atoms with Gasteiger partial charge in [0.25, 0.3) is 0 Å². The number of carbonyl (C=O) groups is 1. The topological polar surface area (TPSA) is 78.3 Å². The minimum absolute atomic E-state index is 0.0963. The van der Waals surface area contributed by atoms with Gasteiger partial charge in [-0.2, -0.15) is 4.98 Å². The quantitative estimate of drug-likeness (QED) is 0.739. The fourth-order valence-corrected chi connectivity index (χ4v) is 4.48. The van der Waals surface area contributed by atoms with E-state index in [2.05, 4.69) is 29.2 Å². The number of rotatable bonds is 5. The molecule has 7 nitrogen and oxygen atoms in total. The summed E-state index contributed by atoms with van der Waals surface area (Å²) in [6.45, 7) is 6.76. The molecule has 1 aromatic heterocycles. The maximum Gasteiger partial charge on any atom is 0.227 e. The third-order valence-electron chi connectivity index (χ3n) is 5.31. The molecule has 1 aliphatic heterocycles. The Balaban J connectivity index is 1.90. The largest absolute Gasteiger partial charge is 0.496 e. The van der Waals surface area contributed by atoms with Crippen LogP contribution in [-0.2, 0) is 4.79 Å². The number of aromatic nitrogens is 3. The van der Waals surface area contributed by atoms with Crippen LogP contribution in [-0.4, -0.2) is 40.5 Å². The van der Waals surface area contributed by atoms with Gasteiger partial charge in [0.15, 0.2) is 5.78 Å². The van der Waals surface area contributed by atoms with Gasteiger partial charge in [-0.05, 0) is 37.1 Å². The number of anilines is 1. The van der Waals surface area contributed by atoms with E-state index in [1.807, 2.05) is 31.4 Å². The highest BCUT2D eigenvalue weighted by Crippen LogP contribution is 2.47. The molecule has 2 aromatic rings.